The summed E-state index contributed by atoms with van der Waals surface area (Å²) in [5, 5.41) is 33.9. The van der Waals surface area contributed by atoms with E-state index in [9.17, 15) is 34.5 Å². The Hall–Kier alpha value is -2.23. The van der Waals surface area contributed by atoms with Crippen molar-refractivity contribution >= 4 is 35.4 Å². The first-order valence-corrected chi connectivity index (χ1v) is 22.2. The van der Waals surface area contributed by atoms with Crippen LogP contribution in [0.4, 0.5) is 0 Å². The van der Waals surface area contributed by atoms with Crippen molar-refractivity contribution in [3.63, 3.8) is 0 Å². The van der Waals surface area contributed by atoms with Crippen LogP contribution in [-0.2, 0) is 57.1 Å². The first-order valence-electron chi connectivity index (χ1n) is 21.2. The van der Waals surface area contributed by atoms with Gasteiger partial charge >= 0.3 is 11.9 Å². The number of thioether (sulfide) groups is 1. The fourth-order valence-electron chi connectivity index (χ4n) is 8.76. The molecule has 19 atom stereocenters. The first-order chi connectivity index (χ1) is 28.3. The summed E-state index contributed by atoms with van der Waals surface area (Å²) in [6.07, 6.45) is -4.17. The van der Waals surface area contributed by atoms with Crippen LogP contribution in [0, 0.1) is 23.7 Å². The summed E-state index contributed by atoms with van der Waals surface area (Å²) in [7, 11) is 6.72. The largest absolute Gasteiger partial charge is 0.480 e. The van der Waals surface area contributed by atoms with Crippen molar-refractivity contribution in [1.29, 1.82) is 0 Å². The third-order valence-corrected chi connectivity index (χ3v) is 13.7. The average Bonchev–Trinajstić information content (AvgIpc) is 3.98. The molecule has 3 saturated heterocycles. The maximum Gasteiger partial charge on any atom is 0.330 e. The van der Waals surface area contributed by atoms with Gasteiger partial charge in [0.1, 0.15) is 42.3 Å². The van der Waals surface area contributed by atoms with Crippen LogP contribution in [0.5, 0.6) is 0 Å². The number of hydrogen-bond acceptors (Lipinski definition) is 16. The smallest absolute Gasteiger partial charge is 0.330 e. The Kier molecular flexibility index (Phi) is 19.3. The summed E-state index contributed by atoms with van der Waals surface area (Å²) >= 11 is 1.23. The number of amides is 1. The van der Waals surface area contributed by atoms with Gasteiger partial charge in [-0.2, -0.15) is 11.8 Å². The molecule has 18 heteroatoms. The number of likely N-dealkylation sites (N-methyl/N-ethyl adjacent to an activating group) is 1. The Bertz CT molecular complexity index is 1460. The maximum atomic E-state index is 14.2. The van der Waals surface area contributed by atoms with E-state index >= 15 is 0 Å². The zero-order chi connectivity index (χ0) is 44.6. The Morgan fingerprint density at radius 2 is 1.63 bits per heavy atom. The summed E-state index contributed by atoms with van der Waals surface area (Å²) in [5.74, 6) is -4.07. The van der Waals surface area contributed by atoms with Crippen molar-refractivity contribution in [3.05, 3.63) is 12.2 Å². The summed E-state index contributed by atoms with van der Waals surface area (Å²) in [5.41, 5.74) is 0. The van der Waals surface area contributed by atoms with Gasteiger partial charge in [0.25, 0.3) is 0 Å². The highest BCUT2D eigenvalue weighted by molar-refractivity contribution is 8.00. The molecule has 344 valence electrons. The van der Waals surface area contributed by atoms with Gasteiger partial charge in [-0.05, 0) is 53.1 Å². The van der Waals surface area contributed by atoms with Crippen molar-refractivity contribution in [1.82, 2.24) is 10.2 Å². The summed E-state index contributed by atoms with van der Waals surface area (Å²) in [6, 6.07) is -1.42. The number of hydrogen-bond donors (Lipinski definition) is 4. The monoisotopic (exact) mass is 874 g/mol. The fraction of sp³-hybridized carbons (Fsp3) is 0.857. The van der Waals surface area contributed by atoms with Gasteiger partial charge < -0.3 is 63.4 Å². The van der Waals surface area contributed by atoms with Gasteiger partial charge in [-0.25, -0.2) is 9.59 Å². The molecule has 0 aromatic carbocycles. The molecule has 4 rings (SSSR count). The van der Waals surface area contributed by atoms with E-state index in [1.807, 2.05) is 53.6 Å². The molecule has 0 aromatic heterocycles. The molecule has 0 spiro atoms. The molecular weight excluding hydrogens is 805 g/mol. The van der Waals surface area contributed by atoms with Gasteiger partial charge in [-0.15, -0.1) is 0 Å². The Balaban J connectivity index is 1.68. The van der Waals surface area contributed by atoms with Crippen molar-refractivity contribution in [3.8, 4) is 0 Å². The number of methoxy groups -OCH3 is 2. The minimum absolute atomic E-state index is 0.0318. The normalized spacial score (nSPS) is 41.8. The number of aliphatic hydroxyl groups is 2. The lowest BCUT2D eigenvalue weighted by atomic mass is 9.83. The molecule has 17 nitrogen and oxygen atoms in total. The van der Waals surface area contributed by atoms with E-state index in [2.05, 4.69) is 5.32 Å². The quantitative estimate of drug-likeness (QED) is 0.145. The summed E-state index contributed by atoms with van der Waals surface area (Å²) in [6.45, 7) is 12.4. The topological polar surface area (TPSA) is 221 Å². The number of ether oxygens (including phenoxy) is 8. The fourth-order valence-corrected chi connectivity index (χ4v) is 10.1. The molecule has 3 unspecified atom stereocenters. The van der Waals surface area contributed by atoms with Gasteiger partial charge in [0.05, 0.1) is 37.1 Å². The molecular formula is C42H70N2O15S. The van der Waals surface area contributed by atoms with Crippen molar-refractivity contribution in [2.45, 2.75) is 165 Å². The lowest BCUT2D eigenvalue weighted by molar-refractivity contribution is -0.305. The SMILES string of the molecule is CCC1OC(=O)/C=C/[C@H](C)C(O[C@@H]2O[C@H](C)C[C@H](N(C)C)[C@H]2O)[C@@H](C)C[C@@H](C)C(=O)CC(SC[C@@H](NC(C)=O)C(=O)O)[C@H]2O[C@H]2[C@@H]1CO[C@@H]1O[C@H](C)[C@@H](O)[C@@H](OC)[C@H]1OC. The highest BCUT2D eigenvalue weighted by atomic mass is 32.2. The second kappa shape index (κ2) is 22.9. The second-order valence-electron chi connectivity index (χ2n) is 17.2. The lowest BCUT2D eigenvalue weighted by Crippen LogP contribution is -2.59. The zero-order valence-electron chi connectivity index (χ0n) is 37.0. The number of epoxide rings is 1. The van der Waals surface area contributed by atoms with E-state index in [0.717, 1.165) is 0 Å². The number of carboxylic acid groups (broad SMARTS) is 1. The number of nitrogens with one attached hydrogen (secondary N) is 1. The number of fused-ring (bicyclic) bond motifs is 1. The molecule has 0 aromatic rings. The third-order valence-electron chi connectivity index (χ3n) is 12.3. The highest BCUT2D eigenvalue weighted by Crippen LogP contribution is 2.43. The average molecular weight is 875 g/mol. The molecule has 4 N–H and O–H groups in total. The predicted octanol–water partition coefficient (Wildman–Crippen LogP) is 2.17. The maximum absolute atomic E-state index is 14.2. The number of aliphatic hydroxyl groups excluding tert-OH is 2. The van der Waals surface area contributed by atoms with Gasteiger partial charge in [0.15, 0.2) is 12.6 Å². The molecule has 3 fully saturated rings. The van der Waals surface area contributed by atoms with Gasteiger partial charge in [0.2, 0.25) is 5.91 Å². The number of aliphatic carboxylic acids is 1. The molecule has 4 aliphatic rings. The summed E-state index contributed by atoms with van der Waals surface area (Å²) < 4.78 is 48.8. The van der Waals surface area contributed by atoms with E-state index < -0.39 is 108 Å². The van der Waals surface area contributed by atoms with E-state index in [1.54, 1.807) is 13.0 Å². The number of rotatable bonds is 14. The van der Waals surface area contributed by atoms with E-state index in [-0.39, 0.29) is 48.5 Å². The molecule has 1 amide bonds. The number of ketones is 1. The molecule has 0 saturated carbocycles. The minimum Gasteiger partial charge on any atom is -0.480 e. The predicted molar refractivity (Wildman–Crippen MR) is 220 cm³/mol. The van der Waals surface area contributed by atoms with Crippen LogP contribution in [0.3, 0.4) is 0 Å². The zero-order valence-corrected chi connectivity index (χ0v) is 37.8. The number of carbonyl (C=O) groups is 4. The van der Waals surface area contributed by atoms with Crippen molar-refractivity contribution in [2.24, 2.45) is 23.7 Å². The van der Waals surface area contributed by atoms with Gasteiger partial charge in [0, 0.05) is 68.4 Å². The number of carboxylic acids is 1. The standard InChI is InChI=1S/C42H70N2O15S/c1-12-30-26(18-54-42-39(53-11)38(52-10)33(48)24(6)56-42)36-37(58-36)31(60-19-27(40(50)51)43-25(7)45)17-29(46)21(3)15-22(4)35(20(2)13-14-32(47)57-30)59-41-34(49)28(44(8)9)16-23(5)55-41/h13-14,20-24,26-28,30-31,33-39,41-42,48-49H,12,15-19H2,1-11H3,(H,43,45)(H,50,51)/b14-13+/t20-,21+,22-,23+,24+,26+,27+,28-,30?,31?,33+,34+,35?,36-,37+,38+,39+,41-,42+/m0/s1. The van der Waals surface area contributed by atoms with E-state index in [0.29, 0.717) is 19.3 Å². The Labute approximate surface area is 358 Å². The molecule has 0 aliphatic carbocycles. The molecule has 4 heterocycles. The van der Waals surface area contributed by atoms with E-state index in [1.165, 1.54) is 39.0 Å². The van der Waals surface area contributed by atoms with Crippen LogP contribution in [0.15, 0.2) is 12.2 Å². The van der Waals surface area contributed by atoms with Gasteiger partial charge in [-0.1, -0.05) is 33.8 Å². The first kappa shape index (κ1) is 50.4. The Morgan fingerprint density at radius 1 is 0.950 bits per heavy atom. The molecule has 4 aliphatic heterocycles. The summed E-state index contributed by atoms with van der Waals surface area (Å²) in [4.78, 5) is 53.9. The number of nitrogens with zero attached hydrogens (tertiary/aromatic N) is 1. The van der Waals surface area contributed by atoms with Crippen LogP contribution < -0.4 is 5.32 Å². The van der Waals surface area contributed by atoms with Crippen molar-refractivity contribution in [2.75, 3.05) is 40.7 Å². The molecule has 0 radical (unpaired) electrons. The van der Waals surface area contributed by atoms with Crippen molar-refractivity contribution < 1.29 is 72.4 Å². The number of cyclic esters (lactones) is 1. The van der Waals surface area contributed by atoms with Crippen LogP contribution in [0.1, 0.15) is 74.1 Å². The molecule has 0 bridgehead atoms. The Morgan fingerprint density at radius 3 is 2.23 bits per heavy atom. The van der Waals surface area contributed by atoms with E-state index in [4.69, 9.17) is 37.9 Å². The number of esters is 1. The van der Waals surface area contributed by atoms with Crippen LogP contribution in [-0.4, -0.2) is 175 Å². The lowest BCUT2D eigenvalue weighted by Gasteiger charge is -2.43. The van der Waals surface area contributed by atoms with Crippen LogP contribution in [0.2, 0.25) is 0 Å². The second-order valence-corrected chi connectivity index (χ2v) is 18.5. The molecule has 60 heavy (non-hydrogen) atoms. The third kappa shape index (κ3) is 13.2. The minimum atomic E-state index is -1.21. The van der Waals surface area contributed by atoms with Crippen LogP contribution in [0.25, 0.3) is 0 Å². The number of Topliss-reactive ketones (excluding diaryl/α,β-unsaturated/α-hetero) is 1. The van der Waals surface area contributed by atoms with Gasteiger partial charge in [-0.3, -0.25) is 9.59 Å². The highest BCUT2D eigenvalue weighted by Gasteiger charge is 2.54. The number of carbonyl (C=O) groups excluding carboxylic acids is 3. The van der Waals surface area contributed by atoms with Crippen LogP contribution >= 0.6 is 11.8 Å².